The molecule has 0 aromatic heterocycles. The zero-order valence-corrected chi connectivity index (χ0v) is 13.8. The Balaban J connectivity index is 1.98. The molecule has 0 aromatic carbocycles. The Bertz CT molecular complexity index is 272. The topological polar surface area (TPSA) is 26.3 Å². The van der Waals surface area contributed by atoms with Gasteiger partial charge >= 0.3 is 5.97 Å². The van der Waals surface area contributed by atoms with E-state index < -0.39 is 0 Å². The van der Waals surface area contributed by atoms with Gasteiger partial charge in [0.1, 0.15) is 0 Å². The summed E-state index contributed by atoms with van der Waals surface area (Å²) in [5.74, 6) is 0.0270. The first-order chi connectivity index (χ1) is 9.63. The number of nitrogens with zero attached hydrogens (tertiary/aromatic N) is 1. The Labute approximate surface area is 125 Å². The largest absolute Gasteiger partial charge is 0.465 e. The lowest BCUT2D eigenvalue weighted by molar-refractivity contribution is -0.915. The highest BCUT2D eigenvalue weighted by atomic mass is 16.5. The molecule has 1 fully saturated rings. The minimum Gasteiger partial charge on any atom is -0.465 e. The van der Waals surface area contributed by atoms with Crippen molar-refractivity contribution in [3.05, 3.63) is 0 Å². The molecule has 1 aliphatic heterocycles. The normalized spacial score (nSPS) is 18.9. The maximum Gasteiger partial charge on any atom is 0.308 e. The number of unbranched alkanes of at least 4 members (excludes halogenated alkanes) is 3. The fourth-order valence-corrected chi connectivity index (χ4v) is 3.09. The summed E-state index contributed by atoms with van der Waals surface area (Å²) in [6.07, 6.45) is 8.52. The van der Waals surface area contributed by atoms with E-state index in [1.807, 2.05) is 13.8 Å². The lowest BCUT2D eigenvalue weighted by Crippen LogP contribution is -2.45. The molecule has 0 spiro atoms. The standard InChI is InChI=1S/C17H34NO2/c1-4-16(3)17(19)20-15-11-7-6-8-12-18(5-2)13-9-10-14-18/h16H,4-15H2,1-3H3/q+1. The molecule has 0 bridgehead atoms. The summed E-state index contributed by atoms with van der Waals surface area (Å²) < 4.78 is 6.62. The number of ether oxygens (including phenoxy) is 1. The van der Waals surface area contributed by atoms with Gasteiger partial charge < -0.3 is 9.22 Å². The maximum absolute atomic E-state index is 11.5. The van der Waals surface area contributed by atoms with E-state index in [0.717, 1.165) is 12.8 Å². The highest BCUT2D eigenvalue weighted by Crippen LogP contribution is 2.20. The second-order valence-corrected chi connectivity index (χ2v) is 6.43. The summed E-state index contributed by atoms with van der Waals surface area (Å²) in [5.41, 5.74) is 0. The van der Waals surface area contributed by atoms with Gasteiger partial charge in [-0.2, -0.15) is 0 Å². The van der Waals surface area contributed by atoms with Crippen LogP contribution in [0.25, 0.3) is 0 Å². The van der Waals surface area contributed by atoms with Gasteiger partial charge in [-0.25, -0.2) is 0 Å². The summed E-state index contributed by atoms with van der Waals surface area (Å²) in [5, 5.41) is 0. The Morgan fingerprint density at radius 1 is 1.10 bits per heavy atom. The SMILES string of the molecule is CCC(C)C(=O)OCCCCCC[N+]1(CC)CCCC1. The minimum atomic E-state index is -0.0277. The monoisotopic (exact) mass is 284 g/mol. The summed E-state index contributed by atoms with van der Waals surface area (Å²) in [4.78, 5) is 11.5. The zero-order chi connectivity index (χ0) is 14.8. The van der Waals surface area contributed by atoms with Crippen molar-refractivity contribution >= 4 is 5.97 Å². The highest BCUT2D eigenvalue weighted by Gasteiger charge is 2.28. The molecule has 0 aromatic rings. The second-order valence-electron chi connectivity index (χ2n) is 6.43. The lowest BCUT2D eigenvalue weighted by Gasteiger charge is -2.33. The van der Waals surface area contributed by atoms with E-state index in [1.165, 1.54) is 62.8 Å². The Hall–Kier alpha value is -0.570. The van der Waals surface area contributed by atoms with Crippen molar-refractivity contribution in [1.29, 1.82) is 0 Å². The molecule has 118 valence electrons. The summed E-state index contributed by atoms with van der Waals surface area (Å²) in [6, 6.07) is 0. The fraction of sp³-hybridized carbons (Fsp3) is 0.941. The van der Waals surface area contributed by atoms with Gasteiger partial charge in [-0.05, 0) is 39.0 Å². The quantitative estimate of drug-likeness (QED) is 0.347. The third-order valence-electron chi connectivity index (χ3n) is 4.97. The molecule has 1 rings (SSSR count). The molecule has 1 heterocycles. The van der Waals surface area contributed by atoms with Crippen LogP contribution in [0.15, 0.2) is 0 Å². The average Bonchev–Trinajstić information content (AvgIpc) is 2.94. The van der Waals surface area contributed by atoms with E-state index in [-0.39, 0.29) is 11.9 Å². The lowest BCUT2D eigenvalue weighted by atomic mass is 10.1. The van der Waals surface area contributed by atoms with Crippen molar-refractivity contribution in [2.45, 2.75) is 65.7 Å². The van der Waals surface area contributed by atoms with Crippen LogP contribution in [0.4, 0.5) is 0 Å². The fourth-order valence-electron chi connectivity index (χ4n) is 3.09. The Morgan fingerprint density at radius 3 is 2.35 bits per heavy atom. The third kappa shape index (κ3) is 5.82. The van der Waals surface area contributed by atoms with Crippen molar-refractivity contribution < 1.29 is 14.0 Å². The Morgan fingerprint density at radius 2 is 1.75 bits per heavy atom. The molecule has 3 heteroatoms. The number of carbonyl (C=O) groups excluding carboxylic acids is 1. The smallest absolute Gasteiger partial charge is 0.308 e. The van der Waals surface area contributed by atoms with E-state index in [9.17, 15) is 4.79 Å². The molecule has 20 heavy (non-hydrogen) atoms. The molecule has 1 aliphatic rings. The van der Waals surface area contributed by atoms with Crippen LogP contribution in [0.5, 0.6) is 0 Å². The van der Waals surface area contributed by atoms with Gasteiger partial charge in [-0.1, -0.05) is 13.8 Å². The predicted molar refractivity (Wildman–Crippen MR) is 83.5 cm³/mol. The highest BCUT2D eigenvalue weighted by molar-refractivity contribution is 5.71. The summed E-state index contributed by atoms with van der Waals surface area (Å²) >= 11 is 0. The van der Waals surface area contributed by atoms with E-state index in [4.69, 9.17) is 4.74 Å². The zero-order valence-electron chi connectivity index (χ0n) is 13.8. The molecule has 0 radical (unpaired) electrons. The number of quaternary nitrogens is 1. The molecule has 1 saturated heterocycles. The van der Waals surface area contributed by atoms with Gasteiger partial charge in [0, 0.05) is 12.8 Å². The van der Waals surface area contributed by atoms with Crippen molar-refractivity contribution in [3.8, 4) is 0 Å². The number of rotatable bonds is 10. The van der Waals surface area contributed by atoms with Gasteiger partial charge in [0.25, 0.3) is 0 Å². The second kappa shape index (κ2) is 9.38. The van der Waals surface area contributed by atoms with Crippen LogP contribution >= 0.6 is 0 Å². The van der Waals surface area contributed by atoms with E-state index >= 15 is 0 Å². The van der Waals surface area contributed by atoms with Gasteiger partial charge in [0.05, 0.1) is 38.7 Å². The average molecular weight is 284 g/mol. The number of carbonyl (C=O) groups is 1. The maximum atomic E-state index is 11.5. The molecular formula is C17H34NO2+. The van der Waals surface area contributed by atoms with Gasteiger partial charge in [0.2, 0.25) is 0 Å². The third-order valence-corrected chi connectivity index (χ3v) is 4.97. The molecule has 1 unspecified atom stereocenters. The van der Waals surface area contributed by atoms with Crippen molar-refractivity contribution in [2.75, 3.05) is 32.8 Å². The van der Waals surface area contributed by atoms with Crippen LogP contribution < -0.4 is 0 Å². The molecule has 0 aliphatic carbocycles. The number of hydrogen-bond acceptors (Lipinski definition) is 2. The molecule has 3 nitrogen and oxygen atoms in total. The Kier molecular flexibility index (Phi) is 8.20. The first-order valence-corrected chi connectivity index (χ1v) is 8.65. The summed E-state index contributed by atoms with van der Waals surface area (Å²) in [6.45, 7) is 12.3. The minimum absolute atomic E-state index is 0.0277. The van der Waals surface area contributed by atoms with Crippen LogP contribution in [-0.4, -0.2) is 43.2 Å². The predicted octanol–water partition coefficient (Wildman–Crippen LogP) is 3.77. The first-order valence-electron chi connectivity index (χ1n) is 8.65. The molecule has 0 saturated carbocycles. The number of esters is 1. The van der Waals surface area contributed by atoms with Crippen LogP contribution in [0.3, 0.4) is 0 Å². The van der Waals surface area contributed by atoms with E-state index in [0.29, 0.717) is 6.61 Å². The summed E-state index contributed by atoms with van der Waals surface area (Å²) in [7, 11) is 0. The van der Waals surface area contributed by atoms with Crippen LogP contribution in [0.2, 0.25) is 0 Å². The van der Waals surface area contributed by atoms with Gasteiger partial charge in [-0.15, -0.1) is 0 Å². The number of hydrogen-bond donors (Lipinski definition) is 0. The van der Waals surface area contributed by atoms with Gasteiger partial charge in [0.15, 0.2) is 0 Å². The molecule has 0 amide bonds. The van der Waals surface area contributed by atoms with Gasteiger partial charge in [-0.3, -0.25) is 4.79 Å². The van der Waals surface area contributed by atoms with Crippen molar-refractivity contribution in [3.63, 3.8) is 0 Å². The van der Waals surface area contributed by atoms with Crippen LogP contribution in [0, 0.1) is 5.92 Å². The molecular weight excluding hydrogens is 250 g/mol. The van der Waals surface area contributed by atoms with Crippen LogP contribution in [0.1, 0.15) is 65.7 Å². The molecule has 0 N–H and O–H groups in total. The van der Waals surface area contributed by atoms with Crippen molar-refractivity contribution in [1.82, 2.24) is 0 Å². The molecule has 1 atom stereocenters. The van der Waals surface area contributed by atoms with E-state index in [2.05, 4.69) is 6.92 Å². The van der Waals surface area contributed by atoms with E-state index in [1.54, 1.807) is 0 Å². The first kappa shape index (κ1) is 17.5. The van der Waals surface area contributed by atoms with Crippen LogP contribution in [-0.2, 0) is 9.53 Å². The van der Waals surface area contributed by atoms with Crippen molar-refractivity contribution in [2.24, 2.45) is 5.92 Å². The number of likely N-dealkylation sites (tertiary alicyclic amines) is 1.